The zero-order valence-electron chi connectivity index (χ0n) is 10.2. The molecule has 0 radical (unpaired) electrons. The fourth-order valence-electron chi connectivity index (χ4n) is 1.55. The highest BCUT2D eigenvalue weighted by Crippen LogP contribution is 2.36. The van der Waals surface area contributed by atoms with Crippen LogP contribution in [0.3, 0.4) is 0 Å². The molecule has 0 spiro atoms. The third-order valence-electron chi connectivity index (χ3n) is 2.49. The van der Waals surface area contributed by atoms with Crippen LogP contribution in [0.5, 0.6) is 0 Å². The summed E-state index contributed by atoms with van der Waals surface area (Å²) < 4.78 is 29.4. The van der Waals surface area contributed by atoms with Crippen LogP contribution in [0.15, 0.2) is 48.6 Å². The van der Waals surface area contributed by atoms with Crippen LogP contribution >= 0.6 is 59.4 Å². The number of halogens is 4. The highest BCUT2D eigenvalue weighted by molar-refractivity contribution is 9.11. The lowest BCUT2D eigenvalue weighted by atomic mass is 10.3. The second kappa shape index (κ2) is 6.45. The van der Waals surface area contributed by atoms with Crippen molar-refractivity contribution in [3.05, 3.63) is 48.8 Å². The number of hydrogen-bond acceptors (Lipinski definition) is 3. The molecule has 0 aliphatic rings. The standard InChI is InChI=1S/C12H8Br3ClN2O2S/c13-6-3-8(14)12(9(15)4-6)18-21(19,20)11-5-7(17)1-2-10(11)16/h1-5,18H,17H2. The maximum absolute atomic E-state index is 12.5. The van der Waals surface area contributed by atoms with Gasteiger partial charge < -0.3 is 5.73 Å². The van der Waals surface area contributed by atoms with Crippen molar-refractivity contribution in [2.75, 3.05) is 10.5 Å². The zero-order chi connectivity index (χ0) is 15.8. The lowest BCUT2D eigenvalue weighted by Crippen LogP contribution is -2.14. The van der Waals surface area contributed by atoms with E-state index in [1.165, 1.54) is 18.2 Å². The smallest absolute Gasteiger partial charge is 0.263 e. The quantitative estimate of drug-likeness (QED) is 0.561. The van der Waals surface area contributed by atoms with Crippen LogP contribution < -0.4 is 10.5 Å². The summed E-state index contributed by atoms with van der Waals surface area (Å²) in [6.45, 7) is 0. The summed E-state index contributed by atoms with van der Waals surface area (Å²) >= 11 is 15.9. The first kappa shape index (κ1) is 17.1. The largest absolute Gasteiger partial charge is 0.399 e. The Morgan fingerprint density at radius 3 is 2.19 bits per heavy atom. The van der Waals surface area contributed by atoms with Crippen molar-refractivity contribution in [3.63, 3.8) is 0 Å². The molecule has 0 saturated heterocycles. The summed E-state index contributed by atoms with van der Waals surface area (Å²) in [5, 5.41) is 0.0982. The molecule has 2 aromatic carbocycles. The number of nitrogens with two attached hydrogens (primary N) is 1. The highest BCUT2D eigenvalue weighted by Gasteiger charge is 2.21. The van der Waals surface area contributed by atoms with Gasteiger partial charge in [-0.05, 0) is 62.2 Å². The molecule has 2 aromatic rings. The first-order valence-electron chi connectivity index (χ1n) is 5.43. The Morgan fingerprint density at radius 1 is 1.05 bits per heavy atom. The van der Waals surface area contributed by atoms with Gasteiger partial charge in [0.05, 0.1) is 10.7 Å². The molecule has 0 aliphatic heterocycles. The van der Waals surface area contributed by atoms with Gasteiger partial charge in [0.15, 0.2) is 0 Å². The van der Waals surface area contributed by atoms with Crippen LogP contribution in [0.2, 0.25) is 5.02 Å². The average Bonchev–Trinajstić information content (AvgIpc) is 2.36. The molecule has 0 aliphatic carbocycles. The van der Waals surface area contributed by atoms with Crippen molar-refractivity contribution >= 4 is 80.8 Å². The van der Waals surface area contributed by atoms with Gasteiger partial charge in [0.1, 0.15) is 4.90 Å². The van der Waals surface area contributed by atoms with E-state index in [0.717, 1.165) is 4.47 Å². The van der Waals surface area contributed by atoms with Crippen LogP contribution in [-0.2, 0) is 10.0 Å². The Bertz CT molecular complexity index is 789. The summed E-state index contributed by atoms with van der Waals surface area (Å²) in [7, 11) is -3.86. The van der Waals surface area contributed by atoms with E-state index in [1.54, 1.807) is 12.1 Å². The molecule has 0 saturated carbocycles. The van der Waals surface area contributed by atoms with E-state index in [0.29, 0.717) is 20.3 Å². The maximum atomic E-state index is 12.5. The van der Waals surface area contributed by atoms with Gasteiger partial charge in [-0.15, -0.1) is 0 Å². The van der Waals surface area contributed by atoms with Crippen molar-refractivity contribution < 1.29 is 8.42 Å². The number of benzene rings is 2. The third kappa shape index (κ3) is 3.92. The van der Waals surface area contributed by atoms with Crippen molar-refractivity contribution in [2.24, 2.45) is 0 Å². The summed E-state index contributed by atoms with van der Waals surface area (Å²) in [5.41, 5.74) is 6.31. The fraction of sp³-hybridized carbons (Fsp3) is 0. The number of nitrogens with one attached hydrogen (secondary N) is 1. The van der Waals surface area contributed by atoms with Crippen molar-refractivity contribution in [1.29, 1.82) is 0 Å². The van der Waals surface area contributed by atoms with Crippen molar-refractivity contribution in [2.45, 2.75) is 4.90 Å². The van der Waals surface area contributed by atoms with Gasteiger partial charge in [0.2, 0.25) is 0 Å². The predicted octanol–water partition coefficient (Wildman–Crippen LogP) is 5.01. The van der Waals surface area contributed by atoms with Gasteiger partial charge >= 0.3 is 0 Å². The van der Waals surface area contributed by atoms with Crippen LogP contribution in [-0.4, -0.2) is 8.42 Å². The Balaban J connectivity index is 2.50. The second-order valence-electron chi connectivity index (χ2n) is 4.04. The van der Waals surface area contributed by atoms with Crippen LogP contribution in [0.4, 0.5) is 11.4 Å². The summed E-state index contributed by atoms with van der Waals surface area (Å²) in [4.78, 5) is -0.0779. The lowest BCUT2D eigenvalue weighted by Gasteiger charge is -2.13. The molecule has 112 valence electrons. The van der Waals surface area contributed by atoms with Crippen molar-refractivity contribution in [3.8, 4) is 0 Å². The molecule has 2 rings (SSSR count). The minimum absolute atomic E-state index is 0.0779. The summed E-state index contributed by atoms with van der Waals surface area (Å²) in [5.74, 6) is 0. The summed E-state index contributed by atoms with van der Waals surface area (Å²) in [6.07, 6.45) is 0. The number of rotatable bonds is 3. The van der Waals surface area contributed by atoms with Gasteiger partial charge in [0, 0.05) is 19.1 Å². The minimum atomic E-state index is -3.86. The Labute approximate surface area is 152 Å². The number of sulfonamides is 1. The molecule has 0 atom stereocenters. The van der Waals surface area contributed by atoms with E-state index in [9.17, 15) is 8.42 Å². The Hall–Kier alpha value is -0.280. The Kier molecular flexibility index (Phi) is 5.25. The minimum Gasteiger partial charge on any atom is -0.399 e. The molecule has 9 heteroatoms. The molecule has 4 nitrogen and oxygen atoms in total. The van der Waals surface area contributed by atoms with E-state index in [4.69, 9.17) is 17.3 Å². The van der Waals surface area contributed by atoms with Crippen LogP contribution in [0.1, 0.15) is 0 Å². The van der Waals surface area contributed by atoms with Crippen LogP contribution in [0, 0.1) is 0 Å². The average molecular weight is 519 g/mol. The molecular formula is C12H8Br3ClN2O2S. The van der Waals surface area contributed by atoms with Gasteiger partial charge in [-0.25, -0.2) is 8.42 Å². The van der Waals surface area contributed by atoms with E-state index < -0.39 is 10.0 Å². The molecular weight excluding hydrogens is 511 g/mol. The first-order valence-corrected chi connectivity index (χ1v) is 9.67. The molecule has 0 amide bonds. The third-order valence-corrected chi connectivity index (χ3v) is 6.03. The van der Waals surface area contributed by atoms with E-state index in [-0.39, 0.29) is 9.92 Å². The second-order valence-corrected chi connectivity index (χ2v) is 8.72. The first-order chi connectivity index (χ1) is 9.70. The van der Waals surface area contributed by atoms with E-state index in [1.807, 2.05) is 0 Å². The van der Waals surface area contributed by atoms with Gasteiger partial charge in [0.25, 0.3) is 10.0 Å². The molecule has 0 heterocycles. The van der Waals surface area contributed by atoms with Crippen LogP contribution in [0.25, 0.3) is 0 Å². The zero-order valence-corrected chi connectivity index (χ0v) is 16.5. The molecule has 21 heavy (non-hydrogen) atoms. The molecule has 0 bridgehead atoms. The number of nitrogen functional groups attached to an aromatic ring is 1. The van der Waals surface area contributed by atoms with Gasteiger partial charge in [-0.1, -0.05) is 27.5 Å². The highest BCUT2D eigenvalue weighted by atomic mass is 79.9. The molecule has 3 N–H and O–H groups in total. The van der Waals surface area contributed by atoms with Gasteiger partial charge in [-0.2, -0.15) is 0 Å². The lowest BCUT2D eigenvalue weighted by molar-refractivity contribution is 0.601. The maximum Gasteiger partial charge on any atom is 0.263 e. The number of anilines is 2. The monoisotopic (exact) mass is 516 g/mol. The van der Waals surface area contributed by atoms with E-state index >= 15 is 0 Å². The Morgan fingerprint density at radius 2 is 1.62 bits per heavy atom. The van der Waals surface area contributed by atoms with Gasteiger partial charge in [-0.3, -0.25) is 4.72 Å². The topological polar surface area (TPSA) is 72.2 Å². The molecule has 0 unspecified atom stereocenters. The number of hydrogen-bond donors (Lipinski definition) is 2. The molecule has 0 fully saturated rings. The van der Waals surface area contributed by atoms with E-state index in [2.05, 4.69) is 52.5 Å². The SMILES string of the molecule is Nc1ccc(Cl)c(S(=O)(=O)Nc2c(Br)cc(Br)cc2Br)c1. The summed E-state index contributed by atoms with van der Waals surface area (Å²) in [6, 6.07) is 7.74. The molecule has 0 aromatic heterocycles. The fourth-order valence-corrected chi connectivity index (χ4v) is 5.91. The predicted molar refractivity (Wildman–Crippen MR) is 96.2 cm³/mol. The normalized spacial score (nSPS) is 11.4. The van der Waals surface area contributed by atoms with Crippen molar-refractivity contribution in [1.82, 2.24) is 0 Å².